The monoisotopic (exact) mass is 194 g/mol. The number of hydrogen-bond donors (Lipinski definition) is 1. The summed E-state index contributed by atoms with van der Waals surface area (Å²) < 4.78 is 5.46. The van der Waals surface area contributed by atoms with Crippen LogP contribution in [0.3, 0.4) is 0 Å². The van der Waals surface area contributed by atoms with Crippen LogP contribution in [-0.2, 0) is 11.3 Å². The summed E-state index contributed by atoms with van der Waals surface area (Å²) in [7, 11) is 0. The van der Waals surface area contributed by atoms with Crippen molar-refractivity contribution in [1.82, 2.24) is 0 Å². The number of aliphatic hydroxyl groups is 1. The third kappa shape index (κ3) is 5.00. The number of hydrogen-bond acceptors (Lipinski definition) is 2. The standard InChI is InChI=1S/C12H18O2/c1-11(13)6-5-9-14-10-12-7-3-2-4-8-12/h2-4,7-8,11,13H,5-6,9-10H2,1H3/t11-/m1/s1. The Balaban J connectivity index is 2.05. The van der Waals surface area contributed by atoms with E-state index in [1.807, 2.05) is 18.2 Å². The van der Waals surface area contributed by atoms with Crippen LogP contribution in [0.15, 0.2) is 30.3 Å². The van der Waals surface area contributed by atoms with Crippen molar-refractivity contribution in [2.75, 3.05) is 6.61 Å². The molecule has 2 heteroatoms. The predicted molar refractivity (Wildman–Crippen MR) is 57.0 cm³/mol. The van der Waals surface area contributed by atoms with Gasteiger partial charge >= 0.3 is 0 Å². The molecule has 2 nitrogen and oxygen atoms in total. The van der Waals surface area contributed by atoms with Crippen LogP contribution in [0.5, 0.6) is 0 Å². The van der Waals surface area contributed by atoms with Gasteiger partial charge in [0.1, 0.15) is 0 Å². The second-order valence-electron chi connectivity index (χ2n) is 3.53. The van der Waals surface area contributed by atoms with Crippen molar-refractivity contribution in [1.29, 1.82) is 0 Å². The molecule has 1 N–H and O–H groups in total. The summed E-state index contributed by atoms with van der Waals surface area (Å²) in [6.07, 6.45) is 1.52. The van der Waals surface area contributed by atoms with Crippen molar-refractivity contribution < 1.29 is 9.84 Å². The van der Waals surface area contributed by atoms with Crippen molar-refractivity contribution in [2.24, 2.45) is 0 Å². The minimum atomic E-state index is -0.213. The Morgan fingerprint density at radius 3 is 2.64 bits per heavy atom. The van der Waals surface area contributed by atoms with Gasteiger partial charge in [0.25, 0.3) is 0 Å². The molecule has 0 amide bonds. The molecule has 0 aliphatic heterocycles. The Morgan fingerprint density at radius 1 is 1.29 bits per heavy atom. The van der Waals surface area contributed by atoms with Gasteiger partial charge in [-0.15, -0.1) is 0 Å². The van der Waals surface area contributed by atoms with Crippen LogP contribution in [0.25, 0.3) is 0 Å². The highest BCUT2D eigenvalue weighted by molar-refractivity contribution is 5.13. The molecule has 0 bridgehead atoms. The molecule has 78 valence electrons. The summed E-state index contributed by atoms with van der Waals surface area (Å²) in [5.74, 6) is 0. The number of ether oxygens (including phenoxy) is 1. The van der Waals surface area contributed by atoms with E-state index in [2.05, 4.69) is 12.1 Å². The first-order valence-corrected chi connectivity index (χ1v) is 5.09. The second-order valence-corrected chi connectivity index (χ2v) is 3.53. The summed E-state index contributed by atoms with van der Waals surface area (Å²) in [6.45, 7) is 3.19. The predicted octanol–water partition coefficient (Wildman–Crippen LogP) is 2.36. The Morgan fingerprint density at radius 2 is 2.00 bits per heavy atom. The summed E-state index contributed by atoms with van der Waals surface area (Å²) >= 11 is 0. The number of benzene rings is 1. The molecule has 0 heterocycles. The summed E-state index contributed by atoms with van der Waals surface area (Å²) in [5.41, 5.74) is 1.20. The minimum absolute atomic E-state index is 0.213. The molecule has 0 radical (unpaired) electrons. The van der Waals surface area contributed by atoms with Gasteiger partial charge in [0.15, 0.2) is 0 Å². The van der Waals surface area contributed by atoms with E-state index in [-0.39, 0.29) is 6.10 Å². The third-order valence-electron chi connectivity index (χ3n) is 2.02. The van der Waals surface area contributed by atoms with Gasteiger partial charge in [-0.1, -0.05) is 30.3 Å². The molecule has 0 saturated heterocycles. The fourth-order valence-electron chi connectivity index (χ4n) is 1.25. The molecule has 14 heavy (non-hydrogen) atoms. The van der Waals surface area contributed by atoms with Crippen LogP contribution in [0.1, 0.15) is 25.3 Å². The largest absolute Gasteiger partial charge is 0.393 e. The maximum Gasteiger partial charge on any atom is 0.0716 e. The highest BCUT2D eigenvalue weighted by atomic mass is 16.5. The van der Waals surface area contributed by atoms with E-state index < -0.39 is 0 Å². The smallest absolute Gasteiger partial charge is 0.0716 e. The fourth-order valence-corrected chi connectivity index (χ4v) is 1.25. The lowest BCUT2D eigenvalue weighted by molar-refractivity contribution is 0.101. The van der Waals surface area contributed by atoms with E-state index in [4.69, 9.17) is 9.84 Å². The molecule has 0 aliphatic carbocycles. The van der Waals surface area contributed by atoms with E-state index in [0.717, 1.165) is 19.4 Å². The van der Waals surface area contributed by atoms with Gasteiger partial charge in [-0.05, 0) is 25.3 Å². The van der Waals surface area contributed by atoms with Crippen molar-refractivity contribution in [3.8, 4) is 0 Å². The summed E-state index contributed by atoms with van der Waals surface area (Å²) in [6, 6.07) is 10.1. The Bertz CT molecular complexity index is 231. The van der Waals surface area contributed by atoms with Crippen LogP contribution < -0.4 is 0 Å². The zero-order valence-electron chi connectivity index (χ0n) is 8.65. The Kier molecular flexibility index (Phi) is 5.27. The zero-order valence-corrected chi connectivity index (χ0v) is 8.65. The first-order valence-electron chi connectivity index (χ1n) is 5.09. The van der Waals surface area contributed by atoms with E-state index in [9.17, 15) is 0 Å². The van der Waals surface area contributed by atoms with Crippen LogP contribution in [-0.4, -0.2) is 17.8 Å². The Labute approximate surface area is 85.5 Å². The molecule has 0 spiro atoms. The first kappa shape index (κ1) is 11.2. The molecule has 1 aromatic rings. The third-order valence-corrected chi connectivity index (χ3v) is 2.02. The van der Waals surface area contributed by atoms with Gasteiger partial charge in [0.05, 0.1) is 12.7 Å². The average molecular weight is 194 g/mol. The van der Waals surface area contributed by atoms with Gasteiger partial charge in [0.2, 0.25) is 0 Å². The van der Waals surface area contributed by atoms with Crippen LogP contribution in [0.4, 0.5) is 0 Å². The topological polar surface area (TPSA) is 29.5 Å². The highest BCUT2D eigenvalue weighted by Gasteiger charge is 1.95. The zero-order chi connectivity index (χ0) is 10.2. The van der Waals surface area contributed by atoms with Gasteiger partial charge < -0.3 is 9.84 Å². The quantitative estimate of drug-likeness (QED) is 0.704. The molecule has 0 aliphatic rings. The second kappa shape index (κ2) is 6.57. The van der Waals surface area contributed by atoms with Gasteiger partial charge in [-0.2, -0.15) is 0 Å². The normalized spacial score (nSPS) is 12.7. The Hall–Kier alpha value is -0.860. The number of aliphatic hydroxyl groups excluding tert-OH is 1. The summed E-state index contributed by atoms with van der Waals surface area (Å²) in [4.78, 5) is 0. The SMILES string of the molecule is C[C@@H](O)CCCOCc1ccccc1. The van der Waals surface area contributed by atoms with E-state index >= 15 is 0 Å². The molecule has 0 unspecified atom stereocenters. The van der Waals surface area contributed by atoms with Gasteiger partial charge in [-0.25, -0.2) is 0 Å². The van der Waals surface area contributed by atoms with E-state index in [1.54, 1.807) is 6.92 Å². The van der Waals surface area contributed by atoms with Crippen molar-refractivity contribution in [3.63, 3.8) is 0 Å². The lowest BCUT2D eigenvalue weighted by Gasteiger charge is -2.05. The van der Waals surface area contributed by atoms with Crippen LogP contribution in [0, 0.1) is 0 Å². The van der Waals surface area contributed by atoms with Gasteiger partial charge in [0, 0.05) is 6.61 Å². The highest BCUT2D eigenvalue weighted by Crippen LogP contribution is 2.02. The molecule has 1 rings (SSSR count). The molecular weight excluding hydrogens is 176 g/mol. The molecule has 0 saturated carbocycles. The molecular formula is C12H18O2. The maximum atomic E-state index is 9.01. The van der Waals surface area contributed by atoms with Crippen molar-refractivity contribution >= 4 is 0 Å². The van der Waals surface area contributed by atoms with Crippen LogP contribution in [0.2, 0.25) is 0 Å². The molecule has 1 aromatic carbocycles. The average Bonchev–Trinajstić information content (AvgIpc) is 2.18. The van der Waals surface area contributed by atoms with Gasteiger partial charge in [-0.3, -0.25) is 0 Å². The lowest BCUT2D eigenvalue weighted by Crippen LogP contribution is -2.02. The van der Waals surface area contributed by atoms with Crippen molar-refractivity contribution in [3.05, 3.63) is 35.9 Å². The minimum Gasteiger partial charge on any atom is -0.393 e. The van der Waals surface area contributed by atoms with Crippen LogP contribution >= 0.6 is 0 Å². The molecule has 0 fully saturated rings. The van der Waals surface area contributed by atoms with Crippen molar-refractivity contribution in [2.45, 2.75) is 32.5 Å². The van der Waals surface area contributed by atoms with E-state index in [1.165, 1.54) is 5.56 Å². The number of rotatable bonds is 6. The van der Waals surface area contributed by atoms with E-state index in [0.29, 0.717) is 6.61 Å². The summed E-state index contributed by atoms with van der Waals surface area (Å²) in [5, 5.41) is 9.01. The molecule has 0 aromatic heterocycles. The molecule has 1 atom stereocenters. The lowest BCUT2D eigenvalue weighted by atomic mass is 10.2. The first-order chi connectivity index (χ1) is 6.79. The maximum absolute atomic E-state index is 9.01. The fraction of sp³-hybridized carbons (Fsp3) is 0.500.